The molecule has 1 fully saturated rings. The standard InChI is InChI=1S/C14H17F2NO3/c1-14(2)8-17(6-12(7-18)20-14)13(19)9-3-10(15)5-11(16)4-9/h3-5,12,18H,6-8H2,1-2H3. The third-order valence-electron chi connectivity index (χ3n) is 3.08. The zero-order chi connectivity index (χ0) is 14.9. The van der Waals surface area contributed by atoms with Gasteiger partial charge in [0.2, 0.25) is 0 Å². The van der Waals surface area contributed by atoms with Crippen LogP contribution in [-0.4, -0.2) is 47.3 Å². The second-order valence-corrected chi connectivity index (χ2v) is 5.53. The minimum atomic E-state index is -0.792. The molecule has 0 bridgehead atoms. The Hall–Kier alpha value is -1.53. The molecule has 20 heavy (non-hydrogen) atoms. The number of ether oxygens (including phenoxy) is 1. The van der Waals surface area contributed by atoms with Gasteiger partial charge in [-0.25, -0.2) is 8.78 Å². The van der Waals surface area contributed by atoms with Crippen molar-refractivity contribution >= 4 is 5.91 Å². The van der Waals surface area contributed by atoms with Gasteiger partial charge in [-0.2, -0.15) is 0 Å². The number of hydrogen-bond donors (Lipinski definition) is 1. The van der Waals surface area contributed by atoms with Crippen molar-refractivity contribution in [3.05, 3.63) is 35.4 Å². The first-order valence-corrected chi connectivity index (χ1v) is 6.35. The van der Waals surface area contributed by atoms with Gasteiger partial charge >= 0.3 is 0 Å². The molecule has 0 spiro atoms. The number of carbonyl (C=O) groups excluding carboxylic acids is 1. The van der Waals surface area contributed by atoms with Crippen molar-refractivity contribution in [2.45, 2.75) is 25.6 Å². The second kappa shape index (κ2) is 5.46. The molecule has 0 radical (unpaired) electrons. The van der Waals surface area contributed by atoms with Crippen molar-refractivity contribution in [2.75, 3.05) is 19.7 Å². The Morgan fingerprint density at radius 2 is 2.00 bits per heavy atom. The van der Waals surface area contributed by atoms with E-state index in [1.165, 1.54) is 4.90 Å². The molecule has 1 aromatic carbocycles. The Morgan fingerprint density at radius 3 is 2.55 bits per heavy atom. The summed E-state index contributed by atoms with van der Waals surface area (Å²) in [6.07, 6.45) is -0.499. The molecule has 1 N–H and O–H groups in total. The number of nitrogens with zero attached hydrogens (tertiary/aromatic N) is 1. The predicted molar refractivity (Wildman–Crippen MR) is 68.3 cm³/mol. The van der Waals surface area contributed by atoms with Crippen LogP contribution in [0.5, 0.6) is 0 Å². The molecule has 1 aromatic rings. The van der Waals surface area contributed by atoms with Crippen LogP contribution in [0.25, 0.3) is 0 Å². The Balaban J connectivity index is 2.23. The van der Waals surface area contributed by atoms with E-state index in [2.05, 4.69) is 0 Å². The minimum Gasteiger partial charge on any atom is -0.394 e. The van der Waals surface area contributed by atoms with Crippen molar-refractivity contribution in [1.82, 2.24) is 4.90 Å². The van der Waals surface area contributed by atoms with Gasteiger partial charge in [-0.3, -0.25) is 4.79 Å². The van der Waals surface area contributed by atoms with Gasteiger partial charge in [0.15, 0.2) is 0 Å². The molecule has 1 aliphatic rings. The van der Waals surface area contributed by atoms with Crippen molar-refractivity contribution in [2.24, 2.45) is 0 Å². The topological polar surface area (TPSA) is 49.8 Å². The SMILES string of the molecule is CC1(C)CN(C(=O)c2cc(F)cc(F)c2)CC(CO)O1. The van der Waals surface area contributed by atoms with Crippen LogP contribution >= 0.6 is 0 Å². The molecular formula is C14H17F2NO3. The summed E-state index contributed by atoms with van der Waals surface area (Å²) in [6.45, 7) is 3.85. The average Bonchev–Trinajstić information content (AvgIpc) is 2.34. The minimum absolute atomic E-state index is 0.0445. The van der Waals surface area contributed by atoms with Gasteiger partial charge in [-0.15, -0.1) is 0 Å². The smallest absolute Gasteiger partial charge is 0.254 e. The lowest BCUT2D eigenvalue weighted by Gasteiger charge is -2.42. The molecule has 4 nitrogen and oxygen atoms in total. The fourth-order valence-electron chi connectivity index (χ4n) is 2.41. The molecule has 0 aliphatic carbocycles. The van der Waals surface area contributed by atoms with Crippen molar-refractivity contribution in [3.8, 4) is 0 Å². The quantitative estimate of drug-likeness (QED) is 0.897. The molecule has 1 saturated heterocycles. The van der Waals surface area contributed by atoms with Crippen LogP contribution in [-0.2, 0) is 4.74 Å². The molecule has 1 unspecified atom stereocenters. The number of benzene rings is 1. The maximum atomic E-state index is 13.2. The molecule has 6 heteroatoms. The van der Waals surface area contributed by atoms with Gasteiger partial charge in [-0.05, 0) is 26.0 Å². The Bertz CT molecular complexity index is 499. The lowest BCUT2D eigenvalue weighted by Crippen LogP contribution is -2.55. The van der Waals surface area contributed by atoms with Crippen LogP contribution in [0.3, 0.4) is 0 Å². The summed E-state index contributed by atoms with van der Waals surface area (Å²) >= 11 is 0. The van der Waals surface area contributed by atoms with E-state index in [0.717, 1.165) is 18.2 Å². The van der Waals surface area contributed by atoms with Crippen molar-refractivity contribution in [3.63, 3.8) is 0 Å². The van der Waals surface area contributed by atoms with Gasteiger partial charge in [-0.1, -0.05) is 0 Å². The van der Waals surface area contributed by atoms with E-state index in [1.807, 2.05) is 0 Å². The zero-order valence-corrected chi connectivity index (χ0v) is 11.4. The fraction of sp³-hybridized carbons (Fsp3) is 0.500. The lowest BCUT2D eigenvalue weighted by atomic mass is 10.0. The third-order valence-corrected chi connectivity index (χ3v) is 3.08. The summed E-state index contributed by atoms with van der Waals surface area (Å²) in [5.74, 6) is -2.06. The lowest BCUT2D eigenvalue weighted by molar-refractivity contribution is -0.139. The number of rotatable bonds is 2. The summed E-state index contributed by atoms with van der Waals surface area (Å²) < 4.78 is 31.9. The van der Waals surface area contributed by atoms with E-state index in [0.29, 0.717) is 6.54 Å². The van der Waals surface area contributed by atoms with Gasteiger partial charge in [0, 0.05) is 24.7 Å². The molecule has 0 saturated carbocycles. The summed E-state index contributed by atoms with van der Waals surface area (Å²) in [6, 6.07) is 2.72. The van der Waals surface area contributed by atoms with Crippen LogP contribution < -0.4 is 0 Å². The molecule has 1 amide bonds. The fourth-order valence-corrected chi connectivity index (χ4v) is 2.41. The normalized spacial score (nSPS) is 21.9. The van der Waals surface area contributed by atoms with Crippen LogP contribution in [0.1, 0.15) is 24.2 Å². The van der Waals surface area contributed by atoms with Gasteiger partial charge < -0.3 is 14.7 Å². The molecule has 0 aromatic heterocycles. The monoisotopic (exact) mass is 285 g/mol. The number of hydrogen-bond acceptors (Lipinski definition) is 3. The number of halogens is 2. The van der Waals surface area contributed by atoms with Gasteiger partial charge in [0.25, 0.3) is 5.91 Å². The van der Waals surface area contributed by atoms with Gasteiger partial charge in [0.1, 0.15) is 11.6 Å². The highest BCUT2D eigenvalue weighted by molar-refractivity contribution is 5.94. The molecule has 110 valence electrons. The molecule has 1 aliphatic heterocycles. The average molecular weight is 285 g/mol. The zero-order valence-electron chi connectivity index (χ0n) is 11.4. The first-order chi connectivity index (χ1) is 9.30. The van der Waals surface area contributed by atoms with Gasteiger partial charge in [0.05, 0.1) is 18.3 Å². The summed E-state index contributed by atoms with van der Waals surface area (Å²) in [5.41, 5.74) is -0.662. The molecule has 1 atom stereocenters. The molecular weight excluding hydrogens is 268 g/mol. The Labute approximate surface area is 116 Å². The van der Waals surface area contributed by atoms with Crippen molar-refractivity contribution in [1.29, 1.82) is 0 Å². The summed E-state index contributed by atoms with van der Waals surface area (Å²) in [4.78, 5) is 13.8. The maximum absolute atomic E-state index is 13.2. The highest BCUT2D eigenvalue weighted by Crippen LogP contribution is 2.22. The highest BCUT2D eigenvalue weighted by Gasteiger charge is 2.35. The van der Waals surface area contributed by atoms with Crippen LogP contribution in [0.15, 0.2) is 18.2 Å². The summed E-state index contributed by atoms with van der Waals surface area (Å²) in [5, 5.41) is 9.20. The van der Waals surface area contributed by atoms with Crippen LogP contribution in [0.2, 0.25) is 0 Å². The first kappa shape index (κ1) is 14.9. The Kier molecular flexibility index (Phi) is 4.06. The van der Waals surface area contributed by atoms with E-state index in [-0.39, 0.29) is 18.7 Å². The van der Waals surface area contributed by atoms with Crippen molar-refractivity contribution < 1.29 is 23.4 Å². The number of morpholine rings is 1. The number of aliphatic hydroxyl groups excluding tert-OH is 1. The van der Waals surface area contributed by atoms with E-state index < -0.39 is 29.2 Å². The van der Waals surface area contributed by atoms with Crippen LogP contribution in [0.4, 0.5) is 8.78 Å². The number of aliphatic hydroxyl groups is 1. The predicted octanol–water partition coefficient (Wildman–Crippen LogP) is 1.58. The van der Waals surface area contributed by atoms with E-state index in [1.54, 1.807) is 13.8 Å². The highest BCUT2D eigenvalue weighted by atomic mass is 19.1. The van der Waals surface area contributed by atoms with E-state index >= 15 is 0 Å². The number of carbonyl (C=O) groups is 1. The largest absolute Gasteiger partial charge is 0.394 e. The van der Waals surface area contributed by atoms with Crippen LogP contribution in [0, 0.1) is 11.6 Å². The first-order valence-electron chi connectivity index (χ1n) is 6.35. The molecule has 1 heterocycles. The summed E-state index contributed by atoms with van der Waals surface area (Å²) in [7, 11) is 0. The second-order valence-electron chi connectivity index (χ2n) is 5.53. The van der Waals surface area contributed by atoms with E-state index in [9.17, 15) is 18.7 Å². The maximum Gasteiger partial charge on any atom is 0.254 e. The Morgan fingerprint density at radius 1 is 1.40 bits per heavy atom. The number of amides is 1. The third kappa shape index (κ3) is 3.32. The molecule has 2 rings (SSSR count). The van der Waals surface area contributed by atoms with E-state index in [4.69, 9.17) is 4.74 Å².